The molecule has 0 saturated carbocycles. The van der Waals surface area contributed by atoms with Crippen LogP contribution in [0.3, 0.4) is 0 Å². The summed E-state index contributed by atoms with van der Waals surface area (Å²) in [4.78, 5) is 23.2. The number of carbonyl (C=O) groups excluding carboxylic acids is 2. The van der Waals surface area contributed by atoms with Crippen molar-refractivity contribution in [3.05, 3.63) is 29.8 Å². The van der Waals surface area contributed by atoms with E-state index in [0.717, 1.165) is 6.92 Å². The molecule has 0 spiro atoms. The molecule has 0 aliphatic carbocycles. The van der Waals surface area contributed by atoms with Gasteiger partial charge in [-0.15, -0.1) is 0 Å². The fourth-order valence-electron chi connectivity index (χ4n) is 1.81. The summed E-state index contributed by atoms with van der Waals surface area (Å²) in [6.45, 7) is 3.58. The molecule has 0 radical (unpaired) electrons. The number of hydrogen-bond acceptors (Lipinski definition) is 4. The lowest BCUT2D eigenvalue weighted by Gasteiger charge is -2.35. The fourth-order valence-corrected chi connectivity index (χ4v) is 1.81. The Labute approximate surface area is 125 Å². The molecule has 8 heteroatoms. The van der Waals surface area contributed by atoms with E-state index < -0.39 is 23.7 Å². The number of esters is 1. The van der Waals surface area contributed by atoms with E-state index in [1.165, 1.54) is 19.1 Å². The molecule has 5 nitrogen and oxygen atoms in total. The molecule has 1 aromatic rings. The number of ether oxygens (including phenoxy) is 1. The van der Waals surface area contributed by atoms with E-state index in [1.54, 1.807) is 24.4 Å². The first-order valence-electron chi connectivity index (χ1n) is 6.50. The second-order valence-corrected chi connectivity index (χ2v) is 4.59. The van der Waals surface area contributed by atoms with Crippen molar-refractivity contribution < 1.29 is 27.5 Å². The first kappa shape index (κ1) is 17.8. The fraction of sp³-hybridized carbons (Fsp3) is 0.429. The highest BCUT2D eigenvalue weighted by molar-refractivity contribution is 5.90. The maximum Gasteiger partial charge on any atom is 0.441 e. The minimum absolute atomic E-state index is 0.0571. The molecule has 0 fully saturated rings. The van der Waals surface area contributed by atoms with E-state index in [-0.39, 0.29) is 12.3 Å². The molecule has 22 heavy (non-hydrogen) atoms. The molecule has 0 aliphatic heterocycles. The number of benzene rings is 1. The highest BCUT2D eigenvalue weighted by atomic mass is 19.4. The van der Waals surface area contributed by atoms with Gasteiger partial charge in [-0.2, -0.15) is 13.2 Å². The maximum atomic E-state index is 13.5. The number of rotatable bonds is 5. The number of halogens is 3. The van der Waals surface area contributed by atoms with E-state index in [1.807, 2.05) is 0 Å². The van der Waals surface area contributed by atoms with E-state index in [4.69, 9.17) is 0 Å². The average Bonchev–Trinajstić information content (AvgIpc) is 2.38. The molecule has 1 aromatic carbocycles. The van der Waals surface area contributed by atoms with E-state index in [2.05, 4.69) is 10.1 Å². The Morgan fingerprint density at radius 2 is 1.82 bits per heavy atom. The van der Waals surface area contributed by atoms with Crippen molar-refractivity contribution in [2.75, 3.05) is 11.9 Å². The third kappa shape index (κ3) is 3.69. The molecular formula is C14H17F3N2O3. The number of para-hydroxylation sites is 1. The van der Waals surface area contributed by atoms with Gasteiger partial charge in [0.25, 0.3) is 0 Å². The van der Waals surface area contributed by atoms with Crippen LogP contribution in [-0.2, 0) is 14.3 Å². The van der Waals surface area contributed by atoms with Crippen LogP contribution in [0.2, 0.25) is 0 Å². The Morgan fingerprint density at radius 1 is 1.23 bits per heavy atom. The maximum absolute atomic E-state index is 13.5. The van der Waals surface area contributed by atoms with Gasteiger partial charge >= 0.3 is 17.8 Å². The number of alkyl halides is 3. The summed E-state index contributed by atoms with van der Waals surface area (Å²) < 4.78 is 45.2. The van der Waals surface area contributed by atoms with Gasteiger partial charge in [0.05, 0.1) is 6.61 Å². The number of carbonyl (C=O) groups is 2. The Hall–Kier alpha value is -2.25. The summed E-state index contributed by atoms with van der Waals surface area (Å²) in [6, 6.07) is 6.09. The zero-order valence-corrected chi connectivity index (χ0v) is 12.4. The van der Waals surface area contributed by atoms with Crippen molar-refractivity contribution >= 4 is 17.6 Å². The zero-order chi connectivity index (χ0) is 17.0. The Bertz CT molecular complexity index is 561. The van der Waals surface area contributed by atoms with Crippen molar-refractivity contribution in [2.24, 2.45) is 0 Å². The van der Waals surface area contributed by atoms with Gasteiger partial charge in [0.2, 0.25) is 5.91 Å². The van der Waals surface area contributed by atoms with Crippen molar-refractivity contribution in [3.63, 3.8) is 0 Å². The van der Waals surface area contributed by atoms with Gasteiger partial charge in [0.1, 0.15) is 0 Å². The molecule has 0 heterocycles. The third-order valence-electron chi connectivity index (χ3n) is 2.84. The van der Waals surface area contributed by atoms with Crippen molar-refractivity contribution in [1.29, 1.82) is 0 Å². The van der Waals surface area contributed by atoms with Crippen LogP contribution in [0.5, 0.6) is 0 Å². The molecule has 0 bridgehead atoms. The molecule has 2 N–H and O–H groups in total. The lowest BCUT2D eigenvalue weighted by molar-refractivity contribution is -0.207. The Morgan fingerprint density at radius 3 is 2.27 bits per heavy atom. The van der Waals surface area contributed by atoms with Gasteiger partial charge < -0.3 is 15.4 Å². The van der Waals surface area contributed by atoms with Crippen LogP contribution >= 0.6 is 0 Å². The number of amides is 1. The van der Waals surface area contributed by atoms with Gasteiger partial charge in [-0.05, 0) is 25.5 Å². The lowest BCUT2D eigenvalue weighted by atomic mass is 10.1. The largest absolute Gasteiger partial charge is 0.463 e. The highest BCUT2D eigenvalue weighted by Crippen LogP contribution is 2.33. The number of nitrogens with one attached hydrogen (secondary N) is 2. The lowest BCUT2D eigenvalue weighted by Crippen LogP contribution is -2.69. The van der Waals surface area contributed by atoms with Gasteiger partial charge in [-0.3, -0.25) is 4.79 Å². The van der Waals surface area contributed by atoms with Crippen LogP contribution in [0.15, 0.2) is 24.3 Å². The van der Waals surface area contributed by atoms with Crippen molar-refractivity contribution in [2.45, 2.75) is 32.6 Å². The summed E-state index contributed by atoms with van der Waals surface area (Å²) >= 11 is 0. The number of anilines is 1. The monoisotopic (exact) mass is 318 g/mol. The third-order valence-corrected chi connectivity index (χ3v) is 2.84. The first-order valence-corrected chi connectivity index (χ1v) is 6.50. The second kappa shape index (κ2) is 6.67. The minimum Gasteiger partial charge on any atom is -0.463 e. The molecule has 0 aromatic heterocycles. The predicted octanol–water partition coefficient (Wildman–Crippen LogP) is 2.36. The zero-order valence-electron chi connectivity index (χ0n) is 12.4. The van der Waals surface area contributed by atoms with Gasteiger partial charge in [0, 0.05) is 12.6 Å². The van der Waals surface area contributed by atoms with Gasteiger partial charge in [-0.25, -0.2) is 4.79 Å². The normalized spacial score (nSPS) is 13.9. The van der Waals surface area contributed by atoms with Gasteiger partial charge in [0.15, 0.2) is 0 Å². The van der Waals surface area contributed by atoms with Gasteiger partial charge in [-0.1, -0.05) is 18.2 Å². The highest BCUT2D eigenvalue weighted by Gasteiger charge is 2.63. The second-order valence-electron chi connectivity index (χ2n) is 4.59. The summed E-state index contributed by atoms with van der Waals surface area (Å²) in [7, 11) is 0. The standard InChI is InChI=1S/C14H17F3N2O3/c1-4-22-12(21)13(14(15,16)17,18-10(3)20)19-11-8-6-5-7-9(11)2/h5-8,19H,4H2,1-3H3,(H,18,20). The molecular weight excluding hydrogens is 301 g/mol. The van der Waals surface area contributed by atoms with E-state index in [0.29, 0.717) is 5.56 Å². The molecule has 1 rings (SSSR count). The van der Waals surface area contributed by atoms with Crippen LogP contribution in [-0.4, -0.2) is 30.3 Å². The quantitative estimate of drug-likeness (QED) is 0.646. The Kier molecular flexibility index (Phi) is 5.40. The SMILES string of the molecule is CCOC(=O)C(NC(C)=O)(Nc1ccccc1C)C(F)(F)F. The predicted molar refractivity (Wildman–Crippen MR) is 74.0 cm³/mol. The molecule has 0 aliphatic rings. The smallest absolute Gasteiger partial charge is 0.441 e. The molecule has 0 saturated heterocycles. The summed E-state index contributed by atoms with van der Waals surface area (Å²) in [5.41, 5.74) is -2.81. The van der Waals surface area contributed by atoms with Crippen LogP contribution in [0.25, 0.3) is 0 Å². The van der Waals surface area contributed by atoms with E-state index in [9.17, 15) is 22.8 Å². The van der Waals surface area contributed by atoms with Crippen LogP contribution in [0, 0.1) is 6.92 Å². The molecule has 122 valence electrons. The summed E-state index contributed by atoms with van der Waals surface area (Å²) in [5, 5.41) is 3.73. The minimum atomic E-state index is -5.10. The van der Waals surface area contributed by atoms with Crippen LogP contribution < -0.4 is 10.6 Å². The number of hydrogen-bond donors (Lipinski definition) is 2. The van der Waals surface area contributed by atoms with Crippen molar-refractivity contribution in [1.82, 2.24) is 5.32 Å². The first-order chi connectivity index (χ1) is 10.1. The summed E-state index contributed by atoms with van der Waals surface area (Å²) in [5.74, 6) is -2.65. The van der Waals surface area contributed by atoms with Crippen LogP contribution in [0.1, 0.15) is 19.4 Å². The molecule has 1 unspecified atom stereocenters. The average molecular weight is 318 g/mol. The molecule has 1 atom stereocenters. The van der Waals surface area contributed by atoms with Crippen molar-refractivity contribution in [3.8, 4) is 0 Å². The van der Waals surface area contributed by atoms with Crippen LogP contribution in [0.4, 0.5) is 18.9 Å². The van der Waals surface area contributed by atoms with E-state index >= 15 is 0 Å². The topological polar surface area (TPSA) is 67.4 Å². The summed E-state index contributed by atoms with van der Waals surface area (Å²) in [6.07, 6.45) is -5.10. The molecule has 1 amide bonds. The number of aryl methyl sites for hydroxylation is 1. The Balaban J connectivity index is 3.38.